The van der Waals surface area contributed by atoms with Crippen LogP contribution in [0.5, 0.6) is 0 Å². The van der Waals surface area contributed by atoms with Crippen molar-refractivity contribution in [1.29, 1.82) is 0 Å². The lowest BCUT2D eigenvalue weighted by atomic mass is 10.2. The maximum atomic E-state index is 13.9. The molecule has 1 amide bonds. The molecule has 1 N–H and O–H groups in total. The van der Waals surface area contributed by atoms with E-state index in [-0.39, 0.29) is 11.6 Å². The number of thioether (sulfide) groups is 1. The van der Waals surface area contributed by atoms with Gasteiger partial charge in [-0.05, 0) is 32.4 Å². The minimum absolute atomic E-state index is 0.169. The maximum absolute atomic E-state index is 13.9. The van der Waals surface area contributed by atoms with Crippen molar-refractivity contribution >= 4 is 40.0 Å². The molecule has 1 atom stereocenters. The topological polar surface area (TPSA) is 72.4 Å². The van der Waals surface area contributed by atoms with Crippen molar-refractivity contribution in [3.63, 3.8) is 0 Å². The smallest absolute Gasteiger partial charge is 0.237 e. The van der Waals surface area contributed by atoms with Gasteiger partial charge < -0.3 is 9.73 Å². The van der Waals surface area contributed by atoms with Gasteiger partial charge in [-0.25, -0.2) is 4.39 Å². The first kappa shape index (κ1) is 18.5. The number of benzene rings is 1. The molecule has 1 aromatic carbocycles. The molecule has 0 aliphatic heterocycles. The molecule has 0 spiro atoms. The second-order valence-corrected chi connectivity index (χ2v) is 7.70. The van der Waals surface area contributed by atoms with E-state index in [0.29, 0.717) is 11.4 Å². The van der Waals surface area contributed by atoms with E-state index in [1.54, 1.807) is 12.1 Å². The summed E-state index contributed by atoms with van der Waals surface area (Å²) >= 11 is 1.31. The summed E-state index contributed by atoms with van der Waals surface area (Å²) in [4.78, 5) is 12.7. The predicted molar refractivity (Wildman–Crippen MR) is 107 cm³/mol. The molecule has 3 heterocycles. The molecule has 0 fully saturated rings. The van der Waals surface area contributed by atoms with Gasteiger partial charge in [0.15, 0.2) is 5.58 Å². The number of carbonyl (C=O) groups excluding carboxylic acids is 1. The predicted octanol–water partition coefficient (Wildman–Crippen LogP) is 4.74. The van der Waals surface area contributed by atoms with Gasteiger partial charge in [0, 0.05) is 12.1 Å². The number of aromatic nitrogens is 3. The first-order chi connectivity index (χ1) is 13.5. The Morgan fingerprint density at radius 2 is 2.04 bits per heavy atom. The summed E-state index contributed by atoms with van der Waals surface area (Å²) < 4.78 is 21.6. The maximum Gasteiger partial charge on any atom is 0.237 e. The molecular weight excluding hydrogens is 379 g/mol. The number of carbonyl (C=O) groups is 1. The van der Waals surface area contributed by atoms with Crippen molar-refractivity contribution in [2.75, 3.05) is 5.32 Å². The van der Waals surface area contributed by atoms with Gasteiger partial charge in [-0.2, -0.15) is 0 Å². The molecular formula is C20H19FN4O2S. The average Bonchev–Trinajstić information content (AvgIpc) is 3.19. The molecule has 4 aromatic rings. The monoisotopic (exact) mass is 398 g/mol. The van der Waals surface area contributed by atoms with Gasteiger partial charge in [-0.3, -0.25) is 9.20 Å². The van der Waals surface area contributed by atoms with E-state index in [2.05, 4.69) is 15.5 Å². The molecule has 4 rings (SSSR count). The lowest BCUT2D eigenvalue weighted by Crippen LogP contribution is -2.25. The third kappa shape index (κ3) is 3.24. The van der Waals surface area contributed by atoms with Gasteiger partial charge in [0.1, 0.15) is 22.4 Å². The molecule has 8 heteroatoms. The van der Waals surface area contributed by atoms with E-state index in [0.717, 1.165) is 28.2 Å². The molecule has 0 unspecified atom stereocenters. The van der Waals surface area contributed by atoms with Gasteiger partial charge in [0.25, 0.3) is 0 Å². The molecule has 0 radical (unpaired) electrons. The van der Waals surface area contributed by atoms with Crippen molar-refractivity contribution in [1.82, 2.24) is 14.6 Å². The SMILES string of the molecule is CC[C@H](Sc1nnc(C)n2c1cc1oc(C)cc12)C(=O)Nc1ccccc1F. The number of furan rings is 1. The molecule has 0 bridgehead atoms. The summed E-state index contributed by atoms with van der Waals surface area (Å²) in [6, 6.07) is 9.98. The molecule has 0 saturated heterocycles. The minimum atomic E-state index is -0.462. The van der Waals surface area contributed by atoms with Crippen LogP contribution in [0.1, 0.15) is 24.9 Å². The van der Waals surface area contributed by atoms with E-state index in [9.17, 15) is 9.18 Å². The van der Waals surface area contributed by atoms with Gasteiger partial charge in [0.05, 0.1) is 22.0 Å². The first-order valence-electron chi connectivity index (χ1n) is 8.95. The number of nitrogens with zero attached hydrogens (tertiary/aromatic N) is 3. The Balaban J connectivity index is 1.66. The van der Waals surface area contributed by atoms with Crippen LogP contribution in [0.2, 0.25) is 0 Å². The van der Waals surface area contributed by atoms with Crippen LogP contribution in [-0.4, -0.2) is 25.8 Å². The largest absolute Gasteiger partial charge is 0.460 e. The molecule has 6 nitrogen and oxygen atoms in total. The van der Waals surface area contributed by atoms with E-state index < -0.39 is 11.1 Å². The van der Waals surface area contributed by atoms with Crippen LogP contribution in [0.4, 0.5) is 10.1 Å². The lowest BCUT2D eigenvalue weighted by Gasteiger charge is -2.15. The van der Waals surface area contributed by atoms with Crippen LogP contribution in [0.25, 0.3) is 16.6 Å². The quantitative estimate of drug-likeness (QED) is 0.492. The van der Waals surface area contributed by atoms with Crippen molar-refractivity contribution in [3.8, 4) is 0 Å². The highest BCUT2D eigenvalue weighted by molar-refractivity contribution is 8.00. The number of hydrogen-bond acceptors (Lipinski definition) is 5. The van der Waals surface area contributed by atoms with E-state index in [4.69, 9.17) is 4.42 Å². The number of fused-ring (bicyclic) bond motifs is 3. The number of amides is 1. The summed E-state index contributed by atoms with van der Waals surface area (Å²) in [5.74, 6) is 0.819. The van der Waals surface area contributed by atoms with Crippen molar-refractivity contribution in [2.24, 2.45) is 0 Å². The average molecular weight is 398 g/mol. The van der Waals surface area contributed by atoms with Crippen LogP contribution in [0, 0.1) is 19.7 Å². The number of aryl methyl sites for hydroxylation is 2. The lowest BCUT2D eigenvalue weighted by molar-refractivity contribution is -0.115. The fraction of sp³-hybridized carbons (Fsp3) is 0.250. The third-order valence-corrected chi connectivity index (χ3v) is 5.84. The molecule has 144 valence electrons. The Bertz CT molecular complexity index is 1180. The van der Waals surface area contributed by atoms with Crippen LogP contribution in [0.3, 0.4) is 0 Å². The number of halogens is 1. The Morgan fingerprint density at radius 3 is 2.79 bits per heavy atom. The van der Waals surface area contributed by atoms with Gasteiger partial charge >= 0.3 is 0 Å². The van der Waals surface area contributed by atoms with Crippen molar-refractivity contribution in [3.05, 3.63) is 53.8 Å². The second kappa shape index (κ2) is 7.27. The van der Waals surface area contributed by atoms with E-state index in [1.165, 1.54) is 23.9 Å². The summed E-state index contributed by atoms with van der Waals surface area (Å²) in [6.07, 6.45) is 0.558. The van der Waals surface area contributed by atoms with Crippen molar-refractivity contribution < 1.29 is 13.6 Å². The Kier molecular flexibility index (Phi) is 4.80. The zero-order valence-corrected chi connectivity index (χ0v) is 16.5. The second-order valence-electron chi connectivity index (χ2n) is 6.51. The van der Waals surface area contributed by atoms with Crippen LogP contribution >= 0.6 is 11.8 Å². The Hall–Kier alpha value is -2.87. The van der Waals surface area contributed by atoms with Crippen LogP contribution in [-0.2, 0) is 4.79 Å². The van der Waals surface area contributed by atoms with Crippen LogP contribution in [0.15, 0.2) is 45.8 Å². The fourth-order valence-electron chi connectivity index (χ4n) is 3.15. The van der Waals surface area contributed by atoms with E-state index in [1.807, 2.05) is 37.3 Å². The number of rotatable bonds is 5. The summed E-state index contributed by atoms with van der Waals surface area (Å²) in [6.45, 7) is 5.68. The number of nitrogens with one attached hydrogen (secondary N) is 1. The normalized spacial score (nSPS) is 12.6. The molecule has 0 saturated carbocycles. The van der Waals surface area contributed by atoms with E-state index >= 15 is 0 Å². The molecule has 28 heavy (non-hydrogen) atoms. The highest BCUT2D eigenvalue weighted by Crippen LogP contribution is 2.33. The van der Waals surface area contributed by atoms with Gasteiger partial charge in [-0.1, -0.05) is 30.8 Å². The van der Waals surface area contributed by atoms with Crippen molar-refractivity contribution in [2.45, 2.75) is 37.5 Å². The Morgan fingerprint density at radius 1 is 1.25 bits per heavy atom. The number of hydrogen-bond donors (Lipinski definition) is 1. The summed E-state index contributed by atoms with van der Waals surface area (Å²) in [5, 5.41) is 11.4. The van der Waals surface area contributed by atoms with Gasteiger partial charge in [-0.15, -0.1) is 10.2 Å². The van der Waals surface area contributed by atoms with Crippen LogP contribution < -0.4 is 5.32 Å². The highest BCUT2D eigenvalue weighted by atomic mass is 32.2. The third-order valence-electron chi connectivity index (χ3n) is 4.49. The zero-order chi connectivity index (χ0) is 19.8. The summed E-state index contributed by atoms with van der Waals surface area (Å²) in [5.41, 5.74) is 2.68. The van der Waals surface area contributed by atoms with Gasteiger partial charge in [0.2, 0.25) is 5.91 Å². The highest BCUT2D eigenvalue weighted by Gasteiger charge is 2.23. The fourth-order valence-corrected chi connectivity index (χ4v) is 4.11. The first-order valence-corrected chi connectivity index (χ1v) is 9.82. The summed E-state index contributed by atoms with van der Waals surface area (Å²) in [7, 11) is 0. The molecule has 3 aromatic heterocycles. The number of anilines is 1. The standard InChI is InChI=1S/C20H19FN4O2S/c1-4-18(19(26)22-14-8-6-5-7-13(14)21)28-20-16-10-17-15(9-11(2)27-17)25(16)12(3)23-24-20/h5-10,18H,4H2,1-3H3,(H,22,26)/t18-/m0/s1. The Labute approximate surface area is 165 Å². The molecule has 0 aliphatic rings. The number of para-hydroxylation sites is 1. The minimum Gasteiger partial charge on any atom is -0.460 e. The molecule has 0 aliphatic carbocycles. The zero-order valence-electron chi connectivity index (χ0n) is 15.7.